The maximum Gasteiger partial charge on any atom is 0.275 e. The number of hydrogen-bond acceptors (Lipinski definition) is 6. The number of aliphatic hydroxyl groups is 1. The highest BCUT2D eigenvalue weighted by Crippen LogP contribution is 2.13. The molecule has 0 saturated heterocycles. The Morgan fingerprint density at radius 2 is 2.05 bits per heavy atom. The maximum absolute atomic E-state index is 11.7. The van der Waals surface area contributed by atoms with Gasteiger partial charge in [-0.1, -0.05) is 30.3 Å². The third-order valence-electron chi connectivity index (χ3n) is 2.51. The van der Waals surface area contributed by atoms with E-state index in [1.54, 1.807) is 24.3 Å². The maximum atomic E-state index is 11.7. The number of aromatic amines is 1. The zero-order chi connectivity index (χ0) is 13.2. The average Bonchev–Trinajstić information content (AvgIpc) is 2.87. The second-order valence-electron chi connectivity index (χ2n) is 3.78. The van der Waals surface area contributed by atoms with Gasteiger partial charge in [0.1, 0.15) is 11.5 Å². The molecule has 0 atom stereocenters. The molecule has 7 nitrogen and oxygen atoms in total. The van der Waals surface area contributed by atoms with E-state index in [9.17, 15) is 9.90 Å². The molecule has 3 aromatic rings. The molecule has 0 fully saturated rings. The van der Waals surface area contributed by atoms with Crippen LogP contribution in [0, 0.1) is 0 Å². The number of nitrogens with one attached hydrogen (secondary N) is 1. The molecule has 1 aromatic carbocycles. The lowest BCUT2D eigenvalue weighted by molar-refractivity contribution is 0.314. The summed E-state index contributed by atoms with van der Waals surface area (Å²) in [4.78, 5) is 18.1. The van der Waals surface area contributed by atoms with E-state index in [0.29, 0.717) is 5.56 Å². The van der Waals surface area contributed by atoms with E-state index in [0.717, 1.165) is 0 Å². The van der Waals surface area contributed by atoms with Crippen LogP contribution in [-0.4, -0.2) is 25.4 Å². The third kappa shape index (κ3) is 2.08. The Bertz CT molecular complexity index is 804. The van der Waals surface area contributed by atoms with Gasteiger partial charge in [0, 0.05) is 11.6 Å². The molecule has 3 rings (SSSR count). The van der Waals surface area contributed by atoms with Gasteiger partial charge in [-0.3, -0.25) is 9.78 Å². The summed E-state index contributed by atoms with van der Waals surface area (Å²) in [5.74, 6) is -0.0607. The minimum atomic E-state index is -0.481. The summed E-state index contributed by atoms with van der Waals surface area (Å²) in [6.07, 6.45) is 1.27. The third-order valence-corrected chi connectivity index (χ3v) is 2.51. The number of H-pyrrole nitrogens is 1. The van der Waals surface area contributed by atoms with E-state index >= 15 is 0 Å². The number of aliphatic hydroxyl groups excluding tert-OH is 1. The van der Waals surface area contributed by atoms with Crippen LogP contribution in [0.5, 0.6) is 0 Å². The standard InChI is InChI=1S/C12H8N4O3/c17-9(7-4-2-1-3-5-7)6-8-12(18)14-11-10(13-8)15-19-16-11/h1-6,17H,(H,14,16,18)/b9-6-. The van der Waals surface area contributed by atoms with Crippen molar-refractivity contribution in [2.24, 2.45) is 0 Å². The molecule has 0 aliphatic carbocycles. The molecule has 94 valence electrons. The molecule has 0 aliphatic rings. The second kappa shape index (κ2) is 4.37. The summed E-state index contributed by atoms with van der Waals surface area (Å²) in [6.45, 7) is 0. The lowest BCUT2D eigenvalue weighted by Crippen LogP contribution is -2.12. The van der Waals surface area contributed by atoms with Crippen LogP contribution in [0.3, 0.4) is 0 Å². The van der Waals surface area contributed by atoms with Crippen molar-refractivity contribution in [3.05, 3.63) is 51.9 Å². The van der Waals surface area contributed by atoms with Crippen LogP contribution in [-0.2, 0) is 0 Å². The molecule has 7 heteroatoms. The number of benzene rings is 1. The molecule has 2 heterocycles. The number of fused-ring (bicyclic) bond motifs is 1. The Morgan fingerprint density at radius 1 is 1.26 bits per heavy atom. The molecule has 0 bridgehead atoms. The largest absolute Gasteiger partial charge is 0.507 e. The fraction of sp³-hybridized carbons (Fsp3) is 0. The lowest BCUT2D eigenvalue weighted by atomic mass is 10.1. The van der Waals surface area contributed by atoms with E-state index in [-0.39, 0.29) is 22.7 Å². The summed E-state index contributed by atoms with van der Waals surface area (Å²) < 4.78 is 4.45. The van der Waals surface area contributed by atoms with Crippen molar-refractivity contribution in [3.8, 4) is 0 Å². The Morgan fingerprint density at radius 3 is 2.84 bits per heavy atom. The van der Waals surface area contributed by atoms with Gasteiger partial charge in [0.25, 0.3) is 5.56 Å². The Balaban J connectivity index is 2.09. The Kier molecular flexibility index (Phi) is 2.57. The van der Waals surface area contributed by atoms with Crippen LogP contribution in [0.1, 0.15) is 11.3 Å². The van der Waals surface area contributed by atoms with E-state index < -0.39 is 5.56 Å². The molecule has 0 amide bonds. The Labute approximate surface area is 106 Å². The first kappa shape index (κ1) is 11.1. The number of hydrogen-bond donors (Lipinski definition) is 2. The molecule has 0 spiro atoms. The van der Waals surface area contributed by atoms with Crippen LogP contribution in [0.4, 0.5) is 0 Å². The summed E-state index contributed by atoms with van der Waals surface area (Å²) >= 11 is 0. The number of rotatable bonds is 2. The van der Waals surface area contributed by atoms with Gasteiger partial charge in [0.15, 0.2) is 0 Å². The average molecular weight is 256 g/mol. The van der Waals surface area contributed by atoms with Crippen molar-refractivity contribution in [2.75, 3.05) is 0 Å². The second-order valence-corrected chi connectivity index (χ2v) is 3.78. The molecule has 2 N–H and O–H groups in total. The first-order valence-corrected chi connectivity index (χ1v) is 5.43. The van der Waals surface area contributed by atoms with E-state index in [1.165, 1.54) is 6.08 Å². The first-order chi connectivity index (χ1) is 9.24. The smallest absolute Gasteiger partial charge is 0.275 e. The van der Waals surface area contributed by atoms with Crippen molar-refractivity contribution in [3.63, 3.8) is 0 Å². The molecule has 0 aliphatic heterocycles. The first-order valence-electron chi connectivity index (χ1n) is 5.43. The topological polar surface area (TPSA) is 105 Å². The number of nitrogens with zero attached hydrogens (tertiary/aromatic N) is 3. The minimum Gasteiger partial charge on any atom is -0.507 e. The summed E-state index contributed by atoms with van der Waals surface area (Å²) in [5.41, 5.74) is 0.477. The van der Waals surface area contributed by atoms with E-state index in [4.69, 9.17) is 0 Å². The zero-order valence-electron chi connectivity index (χ0n) is 9.57. The van der Waals surface area contributed by atoms with Crippen LogP contribution < -0.4 is 5.56 Å². The van der Waals surface area contributed by atoms with Crippen LogP contribution in [0.15, 0.2) is 39.8 Å². The normalized spacial score (nSPS) is 11.9. The fourth-order valence-corrected chi connectivity index (χ4v) is 1.59. The van der Waals surface area contributed by atoms with Crippen LogP contribution in [0.25, 0.3) is 23.1 Å². The van der Waals surface area contributed by atoms with Crippen molar-refractivity contribution < 1.29 is 9.74 Å². The van der Waals surface area contributed by atoms with Gasteiger partial charge in [0.05, 0.1) is 0 Å². The summed E-state index contributed by atoms with van der Waals surface area (Å²) in [7, 11) is 0. The van der Waals surface area contributed by atoms with Gasteiger partial charge >= 0.3 is 0 Å². The zero-order valence-corrected chi connectivity index (χ0v) is 9.57. The number of aromatic nitrogens is 4. The highest BCUT2D eigenvalue weighted by molar-refractivity contribution is 5.76. The monoisotopic (exact) mass is 256 g/mol. The SMILES string of the molecule is O=c1[nH]c2nonc2nc1/C=C(\O)c1ccccc1. The minimum absolute atomic E-state index is 0.0320. The van der Waals surface area contributed by atoms with Crippen molar-refractivity contribution in [1.29, 1.82) is 0 Å². The molecule has 0 saturated carbocycles. The predicted molar refractivity (Wildman–Crippen MR) is 67.2 cm³/mol. The molecule has 0 radical (unpaired) electrons. The molecular weight excluding hydrogens is 248 g/mol. The van der Waals surface area contributed by atoms with Gasteiger partial charge in [-0.15, -0.1) is 0 Å². The molecule has 0 unspecified atom stereocenters. The highest BCUT2D eigenvalue weighted by Gasteiger charge is 2.08. The van der Waals surface area contributed by atoms with Gasteiger partial charge in [0.2, 0.25) is 11.3 Å². The van der Waals surface area contributed by atoms with Crippen molar-refractivity contribution >= 4 is 23.1 Å². The fourth-order valence-electron chi connectivity index (χ4n) is 1.59. The van der Waals surface area contributed by atoms with Crippen molar-refractivity contribution in [2.45, 2.75) is 0 Å². The molecule has 19 heavy (non-hydrogen) atoms. The van der Waals surface area contributed by atoms with Gasteiger partial charge in [-0.05, 0) is 10.3 Å². The molecule has 2 aromatic heterocycles. The summed E-state index contributed by atoms with van der Waals surface area (Å²) in [5, 5.41) is 16.9. The van der Waals surface area contributed by atoms with Crippen LogP contribution >= 0.6 is 0 Å². The van der Waals surface area contributed by atoms with E-state index in [1.807, 2.05) is 6.07 Å². The van der Waals surface area contributed by atoms with Gasteiger partial charge < -0.3 is 5.11 Å². The quantitative estimate of drug-likeness (QED) is 0.671. The Hall–Kier alpha value is -2.96. The predicted octanol–water partition coefficient (Wildman–Crippen LogP) is 1.36. The van der Waals surface area contributed by atoms with E-state index in [2.05, 4.69) is 24.9 Å². The molecular formula is C12H8N4O3. The lowest BCUT2D eigenvalue weighted by Gasteiger charge is -1.99. The van der Waals surface area contributed by atoms with Gasteiger partial charge in [-0.25, -0.2) is 9.61 Å². The van der Waals surface area contributed by atoms with Crippen molar-refractivity contribution in [1.82, 2.24) is 20.3 Å². The highest BCUT2D eigenvalue weighted by atomic mass is 16.6. The van der Waals surface area contributed by atoms with Gasteiger partial charge in [-0.2, -0.15) is 0 Å². The van der Waals surface area contributed by atoms with Crippen LogP contribution in [0.2, 0.25) is 0 Å². The summed E-state index contributed by atoms with van der Waals surface area (Å²) in [6, 6.07) is 8.82.